The van der Waals surface area contributed by atoms with Gasteiger partial charge in [0.2, 0.25) is 11.8 Å². The van der Waals surface area contributed by atoms with Crippen LogP contribution in [0.5, 0.6) is 0 Å². The number of rotatable bonds is 5. The van der Waals surface area contributed by atoms with Gasteiger partial charge in [-0.25, -0.2) is 0 Å². The third-order valence-electron chi connectivity index (χ3n) is 2.42. The summed E-state index contributed by atoms with van der Waals surface area (Å²) in [6.07, 6.45) is 0. The van der Waals surface area contributed by atoms with Crippen LogP contribution in [0.1, 0.15) is 6.92 Å². The molecule has 1 N–H and O–H groups in total. The second kappa shape index (κ2) is 7.40. The highest BCUT2D eigenvalue weighted by molar-refractivity contribution is 8.00. The van der Waals surface area contributed by atoms with E-state index in [1.54, 1.807) is 27.1 Å². The first kappa shape index (κ1) is 15.9. The van der Waals surface area contributed by atoms with Crippen LogP contribution in [0.4, 0.5) is 0 Å². The monoisotopic (exact) mass is 300 g/mol. The molecule has 0 aliphatic rings. The summed E-state index contributed by atoms with van der Waals surface area (Å²) in [5.41, 5.74) is 0. The van der Waals surface area contributed by atoms with Gasteiger partial charge in [-0.05, 0) is 19.1 Å². The molecule has 2 amide bonds. The largest absolute Gasteiger partial charge is 0.347 e. The Morgan fingerprint density at radius 1 is 1.37 bits per heavy atom. The van der Waals surface area contributed by atoms with Gasteiger partial charge in [0.05, 0.1) is 16.8 Å². The van der Waals surface area contributed by atoms with E-state index >= 15 is 0 Å². The highest BCUT2D eigenvalue weighted by Gasteiger charge is 2.16. The molecule has 0 heterocycles. The molecule has 0 unspecified atom stereocenters. The number of nitrogens with one attached hydrogen (secondary N) is 1. The minimum atomic E-state index is -0.310. The van der Waals surface area contributed by atoms with E-state index in [0.29, 0.717) is 5.02 Å². The molecule has 104 valence electrons. The fraction of sp³-hybridized carbons (Fsp3) is 0.385. The fourth-order valence-corrected chi connectivity index (χ4v) is 2.43. The van der Waals surface area contributed by atoms with E-state index < -0.39 is 0 Å². The van der Waals surface area contributed by atoms with Gasteiger partial charge < -0.3 is 10.2 Å². The molecule has 6 heteroatoms. The maximum Gasteiger partial charge on any atom is 0.241 e. The van der Waals surface area contributed by atoms with Crippen molar-refractivity contribution in [2.45, 2.75) is 17.1 Å². The van der Waals surface area contributed by atoms with E-state index in [9.17, 15) is 9.59 Å². The molecule has 0 saturated carbocycles. The molecule has 19 heavy (non-hydrogen) atoms. The smallest absolute Gasteiger partial charge is 0.241 e. The maximum absolute atomic E-state index is 11.8. The summed E-state index contributed by atoms with van der Waals surface area (Å²) < 4.78 is 0. The van der Waals surface area contributed by atoms with Crippen LogP contribution in [0, 0.1) is 0 Å². The van der Waals surface area contributed by atoms with Crippen molar-refractivity contribution in [1.82, 2.24) is 10.2 Å². The topological polar surface area (TPSA) is 49.4 Å². The average Bonchev–Trinajstić information content (AvgIpc) is 2.37. The van der Waals surface area contributed by atoms with Gasteiger partial charge in [0.25, 0.3) is 0 Å². The van der Waals surface area contributed by atoms with Crippen LogP contribution < -0.4 is 5.32 Å². The van der Waals surface area contributed by atoms with Gasteiger partial charge >= 0.3 is 0 Å². The Kier molecular flexibility index (Phi) is 6.18. The number of hydrogen-bond donors (Lipinski definition) is 1. The molecule has 1 aromatic rings. The maximum atomic E-state index is 11.8. The van der Waals surface area contributed by atoms with Crippen molar-refractivity contribution >= 4 is 35.2 Å². The van der Waals surface area contributed by atoms with Crippen LogP contribution in [0.2, 0.25) is 5.02 Å². The Morgan fingerprint density at radius 3 is 2.58 bits per heavy atom. The lowest BCUT2D eigenvalue weighted by Crippen LogP contribution is -2.39. The van der Waals surface area contributed by atoms with Crippen molar-refractivity contribution in [3.63, 3.8) is 0 Å². The van der Waals surface area contributed by atoms with E-state index in [1.807, 2.05) is 18.2 Å². The van der Waals surface area contributed by atoms with Gasteiger partial charge in [0.1, 0.15) is 0 Å². The van der Waals surface area contributed by atoms with Crippen molar-refractivity contribution in [2.75, 3.05) is 20.6 Å². The minimum absolute atomic E-state index is 0.0131. The van der Waals surface area contributed by atoms with Gasteiger partial charge in [0, 0.05) is 19.0 Å². The minimum Gasteiger partial charge on any atom is -0.347 e. The van der Waals surface area contributed by atoms with Crippen molar-refractivity contribution in [2.24, 2.45) is 0 Å². The average molecular weight is 301 g/mol. The van der Waals surface area contributed by atoms with Crippen molar-refractivity contribution in [3.05, 3.63) is 29.3 Å². The molecule has 1 atom stereocenters. The molecular weight excluding hydrogens is 284 g/mol. The van der Waals surface area contributed by atoms with E-state index in [1.165, 1.54) is 16.7 Å². The Balaban J connectivity index is 2.50. The Bertz CT molecular complexity index is 466. The van der Waals surface area contributed by atoms with Gasteiger partial charge in [-0.15, -0.1) is 11.8 Å². The van der Waals surface area contributed by atoms with Gasteiger partial charge in [-0.3, -0.25) is 9.59 Å². The third kappa shape index (κ3) is 5.12. The molecule has 0 radical (unpaired) electrons. The number of carbonyl (C=O) groups excluding carboxylic acids is 2. The van der Waals surface area contributed by atoms with E-state index in [0.717, 1.165) is 4.90 Å². The Labute approximate surface area is 122 Å². The standard InChI is InChI=1S/C13H17ClN2O2S/c1-9(13(18)15-8-12(17)16(2)3)19-11-7-5-4-6-10(11)14/h4-7,9H,8H2,1-3H3,(H,15,18)/t9-/m0/s1. The van der Waals surface area contributed by atoms with Crippen LogP contribution in [-0.4, -0.2) is 42.6 Å². The number of likely N-dealkylation sites (N-methyl/N-ethyl adjacent to an activating group) is 1. The first-order valence-corrected chi connectivity index (χ1v) is 7.06. The number of carbonyl (C=O) groups is 2. The summed E-state index contributed by atoms with van der Waals surface area (Å²) in [4.78, 5) is 25.5. The summed E-state index contributed by atoms with van der Waals surface area (Å²) in [6, 6.07) is 7.35. The summed E-state index contributed by atoms with van der Waals surface area (Å²) in [6.45, 7) is 1.79. The van der Waals surface area contributed by atoms with E-state index in [4.69, 9.17) is 11.6 Å². The lowest BCUT2D eigenvalue weighted by atomic mass is 10.4. The number of halogens is 1. The fourth-order valence-electron chi connectivity index (χ4n) is 1.25. The zero-order valence-corrected chi connectivity index (χ0v) is 12.7. The quantitative estimate of drug-likeness (QED) is 0.847. The van der Waals surface area contributed by atoms with Crippen LogP contribution in [-0.2, 0) is 9.59 Å². The number of hydrogen-bond acceptors (Lipinski definition) is 3. The molecule has 4 nitrogen and oxygen atoms in total. The number of nitrogens with zero attached hydrogens (tertiary/aromatic N) is 1. The molecule has 0 spiro atoms. The zero-order valence-electron chi connectivity index (χ0n) is 11.1. The zero-order chi connectivity index (χ0) is 14.4. The lowest BCUT2D eigenvalue weighted by Gasteiger charge is -2.14. The third-order valence-corrected chi connectivity index (χ3v) is 4.04. The van der Waals surface area contributed by atoms with Crippen molar-refractivity contribution in [1.29, 1.82) is 0 Å². The summed E-state index contributed by atoms with van der Waals surface area (Å²) in [5.74, 6) is -0.316. The molecule has 0 bridgehead atoms. The SMILES string of the molecule is C[C@H](Sc1ccccc1Cl)C(=O)NCC(=O)N(C)C. The predicted molar refractivity (Wildman–Crippen MR) is 78.5 cm³/mol. The summed E-state index contributed by atoms with van der Waals surface area (Å²) >= 11 is 7.40. The van der Waals surface area contributed by atoms with Crippen LogP contribution in [0.15, 0.2) is 29.2 Å². The second-order valence-electron chi connectivity index (χ2n) is 4.20. The number of thioether (sulfide) groups is 1. The highest BCUT2D eigenvalue weighted by atomic mass is 35.5. The van der Waals surface area contributed by atoms with Crippen molar-refractivity contribution < 1.29 is 9.59 Å². The first-order chi connectivity index (χ1) is 8.91. The van der Waals surface area contributed by atoms with Crippen LogP contribution in [0.3, 0.4) is 0 Å². The van der Waals surface area contributed by atoms with E-state index in [2.05, 4.69) is 5.32 Å². The molecule has 0 fully saturated rings. The number of benzene rings is 1. The first-order valence-electron chi connectivity index (χ1n) is 5.81. The molecule has 0 aliphatic heterocycles. The normalized spacial score (nSPS) is 11.8. The molecular formula is C13H17ClN2O2S. The van der Waals surface area contributed by atoms with Gasteiger partial charge in [-0.2, -0.15) is 0 Å². The van der Waals surface area contributed by atoms with E-state index in [-0.39, 0.29) is 23.6 Å². The van der Waals surface area contributed by atoms with Crippen molar-refractivity contribution in [3.8, 4) is 0 Å². The number of amides is 2. The highest BCUT2D eigenvalue weighted by Crippen LogP contribution is 2.29. The Hall–Kier alpha value is -1.20. The predicted octanol–water partition coefficient (Wildman–Crippen LogP) is 2.02. The lowest BCUT2D eigenvalue weighted by molar-refractivity contribution is -0.130. The molecule has 0 aromatic heterocycles. The van der Waals surface area contributed by atoms with Gasteiger partial charge in [0.15, 0.2) is 0 Å². The van der Waals surface area contributed by atoms with Gasteiger partial charge in [-0.1, -0.05) is 23.7 Å². The summed E-state index contributed by atoms with van der Waals surface area (Å²) in [5, 5.41) is 2.92. The second-order valence-corrected chi connectivity index (χ2v) is 5.99. The molecule has 0 saturated heterocycles. The summed E-state index contributed by atoms with van der Waals surface area (Å²) in [7, 11) is 3.30. The molecule has 0 aliphatic carbocycles. The molecule has 1 aromatic carbocycles. The molecule has 1 rings (SSSR count). The van der Waals surface area contributed by atoms with Crippen LogP contribution in [0.25, 0.3) is 0 Å². The van der Waals surface area contributed by atoms with Crippen LogP contribution >= 0.6 is 23.4 Å². The Morgan fingerprint density at radius 2 is 2.00 bits per heavy atom.